The molecule has 0 saturated carbocycles. The average Bonchev–Trinajstić information content (AvgIpc) is 2.83. The van der Waals surface area contributed by atoms with Gasteiger partial charge in [0.1, 0.15) is 0 Å². The minimum atomic E-state index is -0.667. The second-order valence-electron chi connectivity index (χ2n) is 5.47. The molecule has 18 heavy (non-hydrogen) atoms. The van der Waals surface area contributed by atoms with E-state index < -0.39 is 5.60 Å². The van der Waals surface area contributed by atoms with Crippen molar-refractivity contribution in [2.24, 2.45) is 0 Å². The van der Waals surface area contributed by atoms with Crippen molar-refractivity contribution in [2.75, 3.05) is 6.61 Å². The number of halogens is 1. The van der Waals surface area contributed by atoms with Crippen LogP contribution in [0.3, 0.4) is 0 Å². The Labute approximate surface area is 114 Å². The van der Waals surface area contributed by atoms with Crippen LogP contribution in [0.1, 0.15) is 38.2 Å². The first-order valence-corrected chi connectivity index (χ1v) is 7.01. The number of hydrogen-bond donors (Lipinski definition) is 1. The zero-order valence-corrected chi connectivity index (χ0v) is 11.6. The van der Waals surface area contributed by atoms with Crippen molar-refractivity contribution in [1.82, 2.24) is 0 Å². The molecule has 1 aromatic carbocycles. The summed E-state index contributed by atoms with van der Waals surface area (Å²) in [7, 11) is 0. The van der Waals surface area contributed by atoms with E-state index >= 15 is 0 Å². The summed E-state index contributed by atoms with van der Waals surface area (Å²) in [5.41, 5.74) is 0.455. The van der Waals surface area contributed by atoms with Crippen LogP contribution in [0.5, 0.6) is 0 Å². The quantitative estimate of drug-likeness (QED) is 0.884. The molecule has 1 saturated heterocycles. The molecule has 1 fully saturated rings. The maximum Gasteiger partial charge on any atom is 0.0660 e. The fourth-order valence-corrected chi connectivity index (χ4v) is 2.60. The van der Waals surface area contributed by atoms with Crippen molar-refractivity contribution >= 4 is 11.6 Å². The van der Waals surface area contributed by atoms with Crippen LogP contribution in [0.15, 0.2) is 24.3 Å². The van der Waals surface area contributed by atoms with E-state index in [0.29, 0.717) is 12.5 Å². The van der Waals surface area contributed by atoms with Crippen molar-refractivity contribution in [1.29, 1.82) is 0 Å². The van der Waals surface area contributed by atoms with Crippen molar-refractivity contribution in [3.63, 3.8) is 0 Å². The van der Waals surface area contributed by atoms with Crippen LogP contribution >= 0.6 is 11.6 Å². The lowest BCUT2D eigenvalue weighted by atomic mass is 9.90. The second kappa shape index (κ2) is 6.05. The van der Waals surface area contributed by atoms with Crippen LogP contribution in [0, 0.1) is 0 Å². The van der Waals surface area contributed by atoms with E-state index in [1.165, 1.54) is 0 Å². The van der Waals surface area contributed by atoms with E-state index in [1.807, 2.05) is 31.2 Å². The van der Waals surface area contributed by atoms with Gasteiger partial charge >= 0.3 is 0 Å². The molecule has 3 heteroatoms. The van der Waals surface area contributed by atoms with Gasteiger partial charge in [0, 0.05) is 18.1 Å². The molecule has 0 aliphatic carbocycles. The molecular formula is C15H21ClO2. The Bertz CT molecular complexity index is 367. The maximum absolute atomic E-state index is 10.4. The van der Waals surface area contributed by atoms with E-state index in [2.05, 4.69) is 0 Å². The molecule has 1 aliphatic heterocycles. The van der Waals surface area contributed by atoms with Gasteiger partial charge in [0.05, 0.1) is 11.7 Å². The minimum Gasteiger partial charge on any atom is -0.390 e. The Morgan fingerprint density at radius 3 is 2.72 bits per heavy atom. The Morgan fingerprint density at radius 1 is 1.39 bits per heavy atom. The standard InChI is InChI=1S/C15H21ClO2/c1-15(17,9-8-14-3-2-10-18-14)11-12-4-6-13(16)7-5-12/h4-7,14,17H,2-3,8-11H2,1H3. The van der Waals surface area contributed by atoms with Crippen molar-refractivity contribution in [3.8, 4) is 0 Å². The highest BCUT2D eigenvalue weighted by atomic mass is 35.5. The third-order valence-corrected chi connectivity index (χ3v) is 3.78. The highest BCUT2D eigenvalue weighted by Crippen LogP contribution is 2.24. The van der Waals surface area contributed by atoms with E-state index in [9.17, 15) is 5.11 Å². The molecule has 2 atom stereocenters. The summed E-state index contributed by atoms with van der Waals surface area (Å²) < 4.78 is 5.59. The van der Waals surface area contributed by atoms with E-state index in [1.54, 1.807) is 0 Å². The first-order valence-electron chi connectivity index (χ1n) is 6.64. The average molecular weight is 269 g/mol. The normalized spacial score (nSPS) is 22.9. The van der Waals surface area contributed by atoms with Crippen molar-refractivity contribution < 1.29 is 9.84 Å². The molecule has 2 unspecified atom stereocenters. The molecule has 1 N–H and O–H groups in total. The summed E-state index contributed by atoms with van der Waals surface area (Å²) >= 11 is 5.85. The first-order chi connectivity index (χ1) is 8.55. The zero-order chi connectivity index (χ0) is 13.0. The predicted molar refractivity (Wildman–Crippen MR) is 74.0 cm³/mol. The molecule has 0 aromatic heterocycles. The maximum atomic E-state index is 10.4. The molecule has 1 aliphatic rings. The van der Waals surface area contributed by atoms with Gasteiger partial charge in [-0.2, -0.15) is 0 Å². The SMILES string of the molecule is CC(O)(CCC1CCCO1)Cc1ccc(Cl)cc1. The Balaban J connectivity index is 1.83. The molecule has 0 radical (unpaired) electrons. The van der Waals surface area contributed by atoms with Crippen molar-refractivity contribution in [3.05, 3.63) is 34.9 Å². The summed E-state index contributed by atoms with van der Waals surface area (Å²) in [5.74, 6) is 0. The molecule has 100 valence electrons. The predicted octanol–water partition coefficient (Wildman–Crippen LogP) is 3.59. The largest absolute Gasteiger partial charge is 0.390 e. The summed E-state index contributed by atoms with van der Waals surface area (Å²) in [5, 5.41) is 11.1. The highest BCUT2D eigenvalue weighted by Gasteiger charge is 2.24. The van der Waals surface area contributed by atoms with Gasteiger partial charge in [-0.3, -0.25) is 0 Å². The number of aliphatic hydroxyl groups is 1. The van der Waals surface area contributed by atoms with E-state index in [-0.39, 0.29) is 0 Å². The van der Waals surface area contributed by atoms with Crippen LogP contribution in [0.2, 0.25) is 5.02 Å². The summed E-state index contributed by atoms with van der Waals surface area (Å²) in [6.45, 7) is 2.78. The van der Waals surface area contributed by atoms with Gasteiger partial charge in [0.25, 0.3) is 0 Å². The molecule has 2 nitrogen and oxygen atoms in total. The molecule has 0 spiro atoms. The molecular weight excluding hydrogens is 248 g/mol. The summed E-state index contributed by atoms with van der Waals surface area (Å²) in [4.78, 5) is 0. The van der Waals surface area contributed by atoms with Crippen LogP contribution in [0.25, 0.3) is 0 Å². The molecule has 1 heterocycles. The smallest absolute Gasteiger partial charge is 0.0660 e. The number of hydrogen-bond acceptors (Lipinski definition) is 2. The van der Waals surface area contributed by atoms with Gasteiger partial charge in [-0.05, 0) is 50.3 Å². The fourth-order valence-electron chi connectivity index (χ4n) is 2.47. The number of benzene rings is 1. The summed E-state index contributed by atoms with van der Waals surface area (Å²) in [6.07, 6.45) is 5.03. The van der Waals surface area contributed by atoms with E-state index in [0.717, 1.165) is 42.9 Å². The monoisotopic (exact) mass is 268 g/mol. The lowest BCUT2D eigenvalue weighted by molar-refractivity contribution is 0.0254. The highest BCUT2D eigenvalue weighted by molar-refractivity contribution is 6.30. The van der Waals surface area contributed by atoms with Gasteiger partial charge in [-0.15, -0.1) is 0 Å². The van der Waals surface area contributed by atoms with Crippen LogP contribution < -0.4 is 0 Å². The molecule has 0 bridgehead atoms. The van der Waals surface area contributed by atoms with Crippen molar-refractivity contribution in [2.45, 2.75) is 50.7 Å². The third kappa shape index (κ3) is 4.27. The number of rotatable bonds is 5. The van der Waals surface area contributed by atoms with Gasteiger partial charge in [0.2, 0.25) is 0 Å². The summed E-state index contributed by atoms with van der Waals surface area (Å²) in [6, 6.07) is 7.69. The topological polar surface area (TPSA) is 29.5 Å². The second-order valence-corrected chi connectivity index (χ2v) is 5.91. The Morgan fingerprint density at radius 2 is 2.11 bits per heavy atom. The number of ether oxygens (including phenoxy) is 1. The Kier molecular flexibility index (Phi) is 4.66. The van der Waals surface area contributed by atoms with Gasteiger partial charge in [-0.1, -0.05) is 23.7 Å². The Hall–Kier alpha value is -0.570. The molecule has 2 rings (SSSR count). The molecule has 0 amide bonds. The first kappa shape index (κ1) is 13.9. The third-order valence-electron chi connectivity index (χ3n) is 3.53. The van der Waals surface area contributed by atoms with Gasteiger partial charge in [0.15, 0.2) is 0 Å². The lowest BCUT2D eigenvalue weighted by Crippen LogP contribution is -2.28. The van der Waals surface area contributed by atoms with Crippen LogP contribution in [-0.2, 0) is 11.2 Å². The van der Waals surface area contributed by atoms with Crippen LogP contribution in [0.4, 0.5) is 0 Å². The zero-order valence-electron chi connectivity index (χ0n) is 10.9. The van der Waals surface area contributed by atoms with Crippen LogP contribution in [-0.4, -0.2) is 23.4 Å². The molecule has 1 aromatic rings. The minimum absolute atomic E-state index is 0.349. The van der Waals surface area contributed by atoms with Gasteiger partial charge < -0.3 is 9.84 Å². The van der Waals surface area contributed by atoms with E-state index in [4.69, 9.17) is 16.3 Å². The lowest BCUT2D eigenvalue weighted by Gasteiger charge is -2.24. The van der Waals surface area contributed by atoms with Gasteiger partial charge in [-0.25, -0.2) is 0 Å². The fraction of sp³-hybridized carbons (Fsp3) is 0.600.